The van der Waals surface area contributed by atoms with Gasteiger partial charge in [0.15, 0.2) is 0 Å². The van der Waals surface area contributed by atoms with Crippen LogP contribution < -0.4 is 0 Å². The van der Waals surface area contributed by atoms with Crippen LogP contribution in [0, 0.1) is 6.92 Å². The fourth-order valence-corrected chi connectivity index (χ4v) is 2.99. The SMILES string of the molecule is C=CCCC(O)CN(CCc1nc(-c2ccc(C)cc2)no1)Cc1ccco1. The first kappa shape index (κ1) is 20.0. The molecule has 3 aromatic rings. The fourth-order valence-electron chi connectivity index (χ4n) is 2.99. The Morgan fingerprint density at radius 1 is 1.25 bits per heavy atom. The highest BCUT2D eigenvalue weighted by atomic mass is 16.5. The average Bonchev–Trinajstić information content (AvgIpc) is 3.37. The number of aliphatic hydroxyl groups excluding tert-OH is 1. The van der Waals surface area contributed by atoms with Crippen LogP contribution in [0.3, 0.4) is 0 Å². The minimum atomic E-state index is -0.418. The van der Waals surface area contributed by atoms with Gasteiger partial charge in [-0.3, -0.25) is 4.90 Å². The minimum absolute atomic E-state index is 0.418. The first-order valence-electron chi connectivity index (χ1n) is 9.57. The van der Waals surface area contributed by atoms with Crippen LogP contribution in [0.2, 0.25) is 0 Å². The molecule has 2 aromatic heterocycles. The number of rotatable bonds is 11. The maximum atomic E-state index is 10.3. The van der Waals surface area contributed by atoms with E-state index in [1.807, 2.05) is 49.4 Å². The summed E-state index contributed by atoms with van der Waals surface area (Å²) in [5, 5.41) is 14.4. The highest BCUT2D eigenvalue weighted by Gasteiger charge is 2.16. The number of benzene rings is 1. The summed E-state index contributed by atoms with van der Waals surface area (Å²) < 4.78 is 10.9. The average molecular weight is 381 g/mol. The van der Waals surface area contributed by atoms with Crippen LogP contribution in [0.5, 0.6) is 0 Å². The molecule has 28 heavy (non-hydrogen) atoms. The van der Waals surface area contributed by atoms with Crippen LogP contribution in [0.25, 0.3) is 11.4 Å². The van der Waals surface area contributed by atoms with Crippen LogP contribution in [0.15, 0.2) is 64.3 Å². The second-order valence-corrected chi connectivity index (χ2v) is 6.96. The summed E-state index contributed by atoms with van der Waals surface area (Å²) >= 11 is 0. The van der Waals surface area contributed by atoms with E-state index in [0.29, 0.717) is 44.2 Å². The monoisotopic (exact) mass is 381 g/mol. The third kappa shape index (κ3) is 5.90. The molecule has 0 amide bonds. The lowest BCUT2D eigenvalue weighted by Crippen LogP contribution is -2.33. The quantitative estimate of drug-likeness (QED) is 0.506. The van der Waals surface area contributed by atoms with E-state index in [4.69, 9.17) is 8.94 Å². The summed E-state index contributed by atoms with van der Waals surface area (Å²) in [6.45, 7) is 7.61. The number of nitrogens with zero attached hydrogens (tertiary/aromatic N) is 3. The second-order valence-electron chi connectivity index (χ2n) is 6.96. The van der Waals surface area contributed by atoms with Gasteiger partial charge in [-0.2, -0.15) is 4.98 Å². The van der Waals surface area contributed by atoms with E-state index in [2.05, 4.69) is 21.6 Å². The lowest BCUT2D eigenvalue weighted by Gasteiger charge is -2.23. The van der Waals surface area contributed by atoms with E-state index < -0.39 is 6.10 Å². The zero-order valence-electron chi connectivity index (χ0n) is 16.3. The Labute approximate surface area is 165 Å². The van der Waals surface area contributed by atoms with Crippen molar-refractivity contribution in [2.75, 3.05) is 13.1 Å². The maximum absolute atomic E-state index is 10.3. The van der Waals surface area contributed by atoms with Gasteiger partial charge in [-0.05, 0) is 31.9 Å². The van der Waals surface area contributed by atoms with Crippen molar-refractivity contribution in [3.05, 3.63) is 72.5 Å². The highest BCUT2D eigenvalue weighted by molar-refractivity contribution is 5.54. The third-order valence-electron chi connectivity index (χ3n) is 4.55. The molecule has 1 unspecified atom stereocenters. The molecule has 6 heteroatoms. The summed E-state index contributed by atoms with van der Waals surface area (Å²) in [5.41, 5.74) is 2.13. The molecule has 1 N–H and O–H groups in total. The number of hydrogen-bond donors (Lipinski definition) is 1. The molecule has 3 rings (SSSR count). The zero-order valence-corrected chi connectivity index (χ0v) is 16.3. The van der Waals surface area contributed by atoms with Crippen molar-refractivity contribution in [3.8, 4) is 11.4 Å². The van der Waals surface area contributed by atoms with Crippen LogP contribution in [-0.2, 0) is 13.0 Å². The molecule has 0 saturated heterocycles. The number of aliphatic hydroxyl groups is 1. The second kappa shape index (κ2) is 10.0. The Morgan fingerprint density at radius 3 is 2.79 bits per heavy atom. The van der Waals surface area contributed by atoms with Gasteiger partial charge in [-0.15, -0.1) is 6.58 Å². The van der Waals surface area contributed by atoms with E-state index in [1.54, 1.807) is 6.26 Å². The molecule has 0 bridgehead atoms. The fraction of sp³-hybridized carbons (Fsp3) is 0.364. The largest absolute Gasteiger partial charge is 0.468 e. The first-order chi connectivity index (χ1) is 13.6. The van der Waals surface area contributed by atoms with Crippen molar-refractivity contribution >= 4 is 0 Å². The van der Waals surface area contributed by atoms with Crippen LogP contribution in [0.4, 0.5) is 0 Å². The van der Waals surface area contributed by atoms with Crippen LogP contribution in [-0.4, -0.2) is 39.3 Å². The van der Waals surface area contributed by atoms with Crippen molar-refractivity contribution in [1.82, 2.24) is 15.0 Å². The lowest BCUT2D eigenvalue weighted by molar-refractivity contribution is 0.0977. The molecule has 6 nitrogen and oxygen atoms in total. The molecule has 0 fully saturated rings. The minimum Gasteiger partial charge on any atom is -0.468 e. The summed E-state index contributed by atoms with van der Waals surface area (Å²) in [4.78, 5) is 6.65. The third-order valence-corrected chi connectivity index (χ3v) is 4.55. The Bertz CT molecular complexity index is 840. The normalized spacial score (nSPS) is 12.4. The van der Waals surface area contributed by atoms with Gasteiger partial charge >= 0.3 is 0 Å². The molecule has 0 aliphatic heterocycles. The first-order valence-corrected chi connectivity index (χ1v) is 9.57. The molecular weight excluding hydrogens is 354 g/mol. The van der Waals surface area contributed by atoms with E-state index in [0.717, 1.165) is 17.7 Å². The molecule has 148 valence electrons. The van der Waals surface area contributed by atoms with E-state index in [9.17, 15) is 5.11 Å². The number of hydrogen-bond acceptors (Lipinski definition) is 6. The standard InChI is InChI=1S/C22H27N3O3/c1-3-4-6-19(26)15-25(16-20-7-5-14-27-20)13-12-21-23-22(24-28-21)18-10-8-17(2)9-11-18/h3,5,7-11,14,19,26H,1,4,6,12-13,15-16H2,2H3. The van der Waals surface area contributed by atoms with Gasteiger partial charge in [0, 0.05) is 25.1 Å². The molecule has 0 aliphatic rings. The molecule has 0 saturated carbocycles. The molecule has 2 heterocycles. The Balaban J connectivity index is 1.60. The smallest absolute Gasteiger partial charge is 0.228 e. The van der Waals surface area contributed by atoms with Gasteiger partial charge in [0.2, 0.25) is 11.7 Å². The predicted octanol–water partition coefficient (Wildman–Crippen LogP) is 4.01. The van der Waals surface area contributed by atoms with Crippen molar-refractivity contribution in [3.63, 3.8) is 0 Å². The summed E-state index contributed by atoms with van der Waals surface area (Å²) in [5.74, 6) is 2.04. The van der Waals surface area contributed by atoms with Gasteiger partial charge < -0.3 is 14.0 Å². The van der Waals surface area contributed by atoms with Gasteiger partial charge in [-0.25, -0.2) is 0 Å². The van der Waals surface area contributed by atoms with Gasteiger partial charge in [0.1, 0.15) is 5.76 Å². The number of aromatic nitrogens is 2. The van der Waals surface area contributed by atoms with Crippen molar-refractivity contribution in [1.29, 1.82) is 0 Å². The maximum Gasteiger partial charge on any atom is 0.228 e. The van der Waals surface area contributed by atoms with E-state index in [-0.39, 0.29) is 0 Å². The predicted molar refractivity (Wildman–Crippen MR) is 108 cm³/mol. The van der Waals surface area contributed by atoms with Crippen molar-refractivity contribution in [2.24, 2.45) is 0 Å². The molecular formula is C22H27N3O3. The Hall–Kier alpha value is -2.70. The molecule has 1 atom stereocenters. The summed E-state index contributed by atoms with van der Waals surface area (Å²) in [6.07, 6.45) is 5.15. The topological polar surface area (TPSA) is 75.5 Å². The van der Waals surface area contributed by atoms with E-state index >= 15 is 0 Å². The van der Waals surface area contributed by atoms with Crippen LogP contribution in [0.1, 0.15) is 30.1 Å². The van der Waals surface area contributed by atoms with Crippen molar-refractivity contribution < 1.29 is 14.0 Å². The van der Waals surface area contributed by atoms with Gasteiger partial charge in [0.05, 0.1) is 18.9 Å². The molecule has 0 radical (unpaired) electrons. The summed E-state index contributed by atoms with van der Waals surface area (Å²) in [6, 6.07) is 11.8. The van der Waals surface area contributed by atoms with E-state index in [1.165, 1.54) is 5.56 Å². The number of allylic oxidation sites excluding steroid dienone is 1. The summed E-state index contributed by atoms with van der Waals surface area (Å²) in [7, 11) is 0. The Kier molecular flexibility index (Phi) is 7.17. The highest BCUT2D eigenvalue weighted by Crippen LogP contribution is 2.17. The molecule has 0 spiro atoms. The van der Waals surface area contributed by atoms with Crippen LogP contribution >= 0.6 is 0 Å². The number of aryl methyl sites for hydroxylation is 1. The zero-order chi connectivity index (χ0) is 19.8. The van der Waals surface area contributed by atoms with Crippen molar-refractivity contribution in [2.45, 2.75) is 38.8 Å². The lowest BCUT2D eigenvalue weighted by atomic mass is 10.1. The molecule has 1 aromatic carbocycles. The molecule has 0 aliphatic carbocycles. The van der Waals surface area contributed by atoms with Gasteiger partial charge in [0.25, 0.3) is 0 Å². The number of furan rings is 1. The van der Waals surface area contributed by atoms with Gasteiger partial charge in [-0.1, -0.05) is 41.1 Å². The Morgan fingerprint density at radius 2 is 2.07 bits per heavy atom.